The molecule has 1 fully saturated rings. The lowest BCUT2D eigenvalue weighted by molar-refractivity contribution is 0.0701. The lowest BCUT2D eigenvalue weighted by Gasteiger charge is -2.30. The molecule has 5 heteroatoms. The zero-order valence-corrected chi connectivity index (χ0v) is 8.10. The molecule has 1 aromatic rings. The van der Waals surface area contributed by atoms with Gasteiger partial charge in [0.1, 0.15) is 4.88 Å². The Kier molecular flexibility index (Phi) is 1.95. The fraction of sp³-hybridized carbons (Fsp3) is 0.500. The first kappa shape index (κ1) is 8.50. The average molecular weight is 198 g/mol. The van der Waals surface area contributed by atoms with Crippen LogP contribution in [0.5, 0.6) is 0 Å². The molecule has 2 heterocycles. The predicted octanol–water partition coefficient (Wildman–Crippen LogP) is 1.36. The van der Waals surface area contributed by atoms with E-state index in [1.54, 1.807) is 6.92 Å². The molecule has 0 aliphatic carbocycles. The van der Waals surface area contributed by atoms with Crippen molar-refractivity contribution in [2.45, 2.75) is 13.3 Å². The summed E-state index contributed by atoms with van der Waals surface area (Å²) in [6, 6.07) is 0. The molecule has 1 aliphatic heterocycles. The predicted molar refractivity (Wildman–Crippen MR) is 50.6 cm³/mol. The van der Waals surface area contributed by atoms with Gasteiger partial charge in [0, 0.05) is 13.1 Å². The highest BCUT2D eigenvalue weighted by molar-refractivity contribution is 7.17. The topological polar surface area (TPSA) is 53.4 Å². The lowest BCUT2D eigenvalue weighted by atomic mass is 10.2. The molecule has 70 valence electrons. The standard InChI is InChI=1S/C8H10N2O2S/c1-5-6(7(11)12)13-8(9-5)10-3-2-4-10/h2-4H2,1H3,(H,11,12). The molecule has 0 saturated carbocycles. The van der Waals surface area contributed by atoms with E-state index in [2.05, 4.69) is 9.88 Å². The maximum Gasteiger partial charge on any atom is 0.347 e. The van der Waals surface area contributed by atoms with E-state index in [4.69, 9.17) is 5.11 Å². The van der Waals surface area contributed by atoms with Crippen molar-refractivity contribution in [3.8, 4) is 0 Å². The molecule has 0 atom stereocenters. The summed E-state index contributed by atoms with van der Waals surface area (Å²) in [5, 5.41) is 9.65. The summed E-state index contributed by atoms with van der Waals surface area (Å²) in [5.41, 5.74) is 0.624. The number of hydrogen-bond donors (Lipinski definition) is 1. The van der Waals surface area contributed by atoms with Crippen LogP contribution in [-0.4, -0.2) is 29.1 Å². The molecule has 1 saturated heterocycles. The van der Waals surface area contributed by atoms with E-state index in [0.29, 0.717) is 10.6 Å². The molecule has 4 nitrogen and oxygen atoms in total. The van der Waals surface area contributed by atoms with Crippen LogP contribution in [0.1, 0.15) is 21.8 Å². The van der Waals surface area contributed by atoms with E-state index in [-0.39, 0.29) is 0 Å². The number of aromatic carboxylic acids is 1. The number of rotatable bonds is 2. The van der Waals surface area contributed by atoms with Crippen LogP contribution in [-0.2, 0) is 0 Å². The fourth-order valence-electron chi connectivity index (χ4n) is 1.22. The van der Waals surface area contributed by atoms with Crippen molar-refractivity contribution < 1.29 is 9.90 Å². The smallest absolute Gasteiger partial charge is 0.347 e. The summed E-state index contributed by atoms with van der Waals surface area (Å²) in [6.45, 7) is 3.75. The third-order valence-electron chi connectivity index (χ3n) is 2.11. The van der Waals surface area contributed by atoms with Crippen molar-refractivity contribution >= 4 is 22.4 Å². The van der Waals surface area contributed by atoms with Gasteiger partial charge < -0.3 is 10.0 Å². The maximum atomic E-state index is 10.7. The van der Waals surface area contributed by atoms with Crippen molar-refractivity contribution in [2.75, 3.05) is 18.0 Å². The average Bonchev–Trinajstić information content (AvgIpc) is 2.27. The van der Waals surface area contributed by atoms with E-state index in [9.17, 15) is 4.79 Å². The number of nitrogens with zero attached hydrogens (tertiary/aromatic N) is 2. The van der Waals surface area contributed by atoms with Gasteiger partial charge in [0.05, 0.1) is 5.69 Å². The second-order valence-corrected chi connectivity index (χ2v) is 4.03. The normalized spacial score (nSPS) is 15.6. The van der Waals surface area contributed by atoms with E-state index in [1.807, 2.05) is 0 Å². The quantitative estimate of drug-likeness (QED) is 0.779. The summed E-state index contributed by atoms with van der Waals surface area (Å²) in [7, 11) is 0. The van der Waals surface area contributed by atoms with Crippen LogP contribution in [0.2, 0.25) is 0 Å². The molecule has 1 aromatic heterocycles. The zero-order valence-electron chi connectivity index (χ0n) is 7.28. The van der Waals surface area contributed by atoms with E-state index < -0.39 is 5.97 Å². The van der Waals surface area contributed by atoms with Crippen molar-refractivity contribution in [1.82, 2.24) is 4.98 Å². The Balaban J connectivity index is 2.28. The molecule has 2 rings (SSSR count). The van der Waals surface area contributed by atoms with E-state index in [0.717, 1.165) is 18.2 Å². The molecule has 1 N–H and O–H groups in total. The summed E-state index contributed by atoms with van der Waals surface area (Å²) in [6.07, 6.45) is 1.18. The Morgan fingerprint density at radius 2 is 2.31 bits per heavy atom. The fourth-order valence-corrected chi connectivity index (χ4v) is 2.18. The molecule has 0 bridgehead atoms. The minimum absolute atomic E-state index is 0.363. The Bertz CT molecular complexity index is 344. The van der Waals surface area contributed by atoms with Crippen molar-refractivity contribution in [3.05, 3.63) is 10.6 Å². The number of aryl methyl sites for hydroxylation is 1. The van der Waals surface area contributed by atoms with Gasteiger partial charge in [-0.2, -0.15) is 0 Å². The Morgan fingerprint density at radius 1 is 1.62 bits per heavy atom. The monoisotopic (exact) mass is 198 g/mol. The number of thiazole rings is 1. The second kappa shape index (κ2) is 2.99. The molecule has 0 unspecified atom stereocenters. The molecular formula is C8H10N2O2S. The highest BCUT2D eigenvalue weighted by Crippen LogP contribution is 2.28. The van der Waals surface area contributed by atoms with Gasteiger partial charge in [-0.1, -0.05) is 11.3 Å². The minimum Gasteiger partial charge on any atom is -0.477 e. The van der Waals surface area contributed by atoms with E-state index >= 15 is 0 Å². The second-order valence-electron chi connectivity index (χ2n) is 3.06. The summed E-state index contributed by atoms with van der Waals surface area (Å²) in [4.78, 5) is 17.4. The van der Waals surface area contributed by atoms with Gasteiger partial charge in [-0.3, -0.25) is 0 Å². The van der Waals surface area contributed by atoms with Crippen molar-refractivity contribution in [2.24, 2.45) is 0 Å². The van der Waals surface area contributed by atoms with Crippen molar-refractivity contribution in [1.29, 1.82) is 0 Å². The van der Waals surface area contributed by atoms with Crippen LogP contribution < -0.4 is 4.90 Å². The molecule has 1 aliphatic rings. The highest BCUT2D eigenvalue weighted by atomic mass is 32.1. The molecule has 0 spiro atoms. The molecular weight excluding hydrogens is 188 g/mol. The maximum absolute atomic E-state index is 10.7. The SMILES string of the molecule is Cc1nc(N2CCC2)sc1C(=O)O. The van der Waals surface area contributed by atoms with Gasteiger partial charge >= 0.3 is 5.97 Å². The minimum atomic E-state index is -0.873. The summed E-state index contributed by atoms with van der Waals surface area (Å²) < 4.78 is 0. The molecule has 0 amide bonds. The largest absolute Gasteiger partial charge is 0.477 e. The molecule has 0 radical (unpaired) electrons. The number of carboxylic acid groups (broad SMARTS) is 1. The lowest BCUT2D eigenvalue weighted by Crippen LogP contribution is -2.36. The van der Waals surface area contributed by atoms with Crippen molar-refractivity contribution in [3.63, 3.8) is 0 Å². The summed E-state index contributed by atoms with van der Waals surface area (Å²) >= 11 is 1.27. The Morgan fingerprint density at radius 3 is 2.69 bits per heavy atom. The van der Waals surface area contributed by atoms with Gasteiger partial charge in [0.15, 0.2) is 5.13 Å². The first-order chi connectivity index (χ1) is 6.18. The van der Waals surface area contributed by atoms with Crippen LogP contribution >= 0.6 is 11.3 Å². The van der Waals surface area contributed by atoms with Gasteiger partial charge in [0.2, 0.25) is 0 Å². The first-order valence-corrected chi connectivity index (χ1v) is 4.96. The zero-order chi connectivity index (χ0) is 9.42. The van der Waals surface area contributed by atoms with Gasteiger partial charge in [-0.15, -0.1) is 0 Å². The number of anilines is 1. The van der Waals surface area contributed by atoms with Crippen LogP contribution in [0, 0.1) is 6.92 Å². The number of hydrogen-bond acceptors (Lipinski definition) is 4. The van der Waals surface area contributed by atoms with Gasteiger partial charge in [-0.05, 0) is 13.3 Å². The molecule has 13 heavy (non-hydrogen) atoms. The molecule has 0 aromatic carbocycles. The Labute approximate surface area is 79.8 Å². The highest BCUT2D eigenvalue weighted by Gasteiger charge is 2.21. The number of aromatic nitrogens is 1. The van der Waals surface area contributed by atoms with Crippen LogP contribution in [0.25, 0.3) is 0 Å². The third-order valence-corrected chi connectivity index (χ3v) is 3.31. The van der Waals surface area contributed by atoms with Crippen LogP contribution in [0.4, 0.5) is 5.13 Å². The van der Waals surface area contributed by atoms with Gasteiger partial charge in [0.25, 0.3) is 0 Å². The van der Waals surface area contributed by atoms with Crippen LogP contribution in [0.15, 0.2) is 0 Å². The summed E-state index contributed by atoms with van der Waals surface area (Å²) in [5.74, 6) is -0.873. The first-order valence-electron chi connectivity index (χ1n) is 4.14. The van der Waals surface area contributed by atoms with Crippen LogP contribution in [0.3, 0.4) is 0 Å². The van der Waals surface area contributed by atoms with E-state index in [1.165, 1.54) is 17.8 Å². The third kappa shape index (κ3) is 1.39. The number of carboxylic acids is 1. The Hall–Kier alpha value is -1.10. The number of carbonyl (C=O) groups is 1. The van der Waals surface area contributed by atoms with Gasteiger partial charge in [-0.25, -0.2) is 9.78 Å².